The van der Waals surface area contributed by atoms with Gasteiger partial charge in [0.25, 0.3) is 5.69 Å². The van der Waals surface area contributed by atoms with Crippen molar-refractivity contribution in [3.8, 4) is 0 Å². The first-order valence-corrected chi connectivity index (χ1v) is 7.73. The zero-order valence-electron chi connectivity index (χ0n) is 12.9. The molecule has 2 rings (SSSR count). The van der Waals surface area contributed by atoms with Gasteiger partial charge in [0.1, 0.15) is 5.69 Å². The number of para-hydroxylation sites is 2. The first-order chi connectivity index (χ1) is 10.7. The summed E-state index contributed by atoms with van der Waals surface area (Å²) in [5, 5.41) is 17.3. The Morgan fingerprint density at radius 2 is 2.09 bits per heavy atom. The van der Waals surface area contributed by atoms with Crippen LogP contribution in [0.2, 0.25) is 0 Å². The highest BCUT2D eigenvalue weighted by molar-refractivity contribution is 5.80. The van der Waals surface area contributed by atoms with Crippen LogP contribution in [0.15, 0.2) is 29.3 Å². The Labute approximate surface area is 130 Å². The number of guanidine groups is 1. The molecule has 1 aliphatic rings. The summed E-state index contributed by atoms with van der Waals surface area (Å²) in [7, 11) is 0. The molecule has 0 spiro atoms. The third-order valence-electron chi connectivity index (χ3n) is 3.53. The normalized spacial score (nSPS) is 15.0. The van der Waals surface area contributed by atoms with E-state index in [4.69, 9.17) is 0 Å². The number of benzene rings is 1. The molecule has 120 valence electrons. The van der Waals surface area contributed by atoms with Crippen LogP contribution in [0.4, 0.5) is 11.4 Å². The average Bonchev–Trinajstić information content (AvgIpc) is 3.05. The summed E-state index contributed by atoms with van der Waals surface area (Å²) in [5.41, 5.74) is 0.631. The van der Waals surface area contributed by atoms with Gasteiger partial charge in [-0.05, 0) is 25.8 Å². The van der Waals surface area contributed by atoms with Crippen molar-refractivity contribution in [1.29, 1.82) is 0 Å². The Morgan fingerprint density at radius 3 is 2.77 bits per heavy atom. The summed E-state index contributed by atoms with van der Waals surface area (Å²) in [4.78, 5) is 17.4. The molecule has 1 heterocycles. The van der Waals surface area contributed by atoms with Crippen molar-refractivity contribution in [2.45, 2.75) is 19.8 Å². The fourth-order valence-corrected chi connectivity index (χ4v) is 2.49. The molecule has 1 aromatic carbocycles. The third-order valence-corrected chi connectivity index (χ3v) is 3.53. The van der Waals surface area contributed by atoms with Crippen LogP contribution in [0.5, 0.6) is 0 Å². The van der Waals surface area contributed by atoms with Gasteiger partial charge < -0.3 is 15.5 Å². The van der Waals surface area contributed by atoms with E-state index >= 15 is 0 Å². The molecule has 0 saturated carbocycles. The Morgan fingerprint density at radius 1 is 1.36 bits per heavy atom. The van der Waals surface area contributed by atoms with Crippen LogP contribution in [0.25, 0.3) is 0 Å². The molecule has 0 atom stereocenters. The average molecular weight is 305 g/mol. The Kier molecular flexibility index (Phi) is 6.00. The van der Waals surface area contributed by atoms with Gasteiger partial charge in [0.2, 0.25) is 0 Å². The van der Waals surface area contributed by atoms with Gasteiger partial charge in [0.05, 0.1) is 11.5 Å². The first kappa shape index (κ1) is 16.1. The van der Waals surface area contributed by atoms with Crippen LogP contribution in [0, 0.1) is 10.1 Å². The molecule has 2 N–H and O–H groups in total. The molecule has 1 aliphatic heterocycles. The topological polar surface area (TPSA) is 82.8 Å². The van der Waals surface area contributed by atoms with Gasteiger partial charge in [-0.1, -0.05) is 12.1 Å². The van der Waals surface area contributed by atoms with E-state index in [0.29, 0.717) is 18.8 Å². The standard InChI is InChI=1S/C15H23N5O2/c1-2-16-15(19-11-5-6-12-19)18-10-9-17-13-7-3-4-8-14(13)20(21)22/h3-4,7-8,17H,2,5-6,9-12H2,1H3,(H,16,18). The molecule has 0 aliphatic carbocycles. The van der Waals surface area contributed by atoms with Gasteiger partial charge in [-0.2, -0.15) is 0 Å². The molecule has 7 heteroatoms. The lowest BCUT2D eigenvalue weighted by atomic mass is 10.2. The Bertz CT molecular complexity index is 526. The van der Waals surface area contributed by atoms with Crippen molar-refractivity contribution < 1.29 is 4.92 Å². The molecule has 1 saturated heterocycles. The second kappa shape index (κ2) is 8.21. The quantitative estimate of drug-likeness (QED) is 0.276. The largest absolute Gasteiger partial charge is 0.378 e. The van der Waals surface area contributed by atoms with Gasteiger partial charge in [0.15, 0.2) is 5.96 Å². The molecule has 0 aromatic heterocycles. The van der Waals surface area contributed by atoms with Gasteiger partial charge in [-0.3, -0.25) is 15.1 Å². The predicted molar refractivity (Wildman–Crippen MR) is 88.4 cm³/mol. The summed E-state index contributed by atoms with van der Waals surface area (Å²) >= 11 is 0. The number of anilines is 1. The maximum Gasteiger partial charge on any atom is 0.292 e. The summed E-state index contributed by atoms with van der Waals surface area (Å²) in [6, 6.07) is 6.67. The minimum atomic E-state index is -0.375. The lowest BCUT2D eigenvalue weighted by Gasteiger charge is -2.20. The Balaban J connectivity index is 1.89. The Hall–Kier alpha value is -2.31. The number of hydrogen-bond acceptors (Lipinski definition) is 4. The highest BCUT2D eigenvalue weighted by Crippen LogP contribution is 2.22. The van der Waals surface area contributed by atoms with Gasteiger partial charge in [0, 0.05) is 32.2 Å². The van der Waals surface area contributed by atoms with E-state index in [2.05, 4.69) is 27.4 Å². The monoisotopic (exact) mass is 305 g/mol. The van der Waals surface area contributed by atoms with E-state index in [-0.39, 0.29) is 10.6 Å². The fraction of sp³-hybridized carbons (Fsp3) is 0.533. The molecular formula is C15H23N5O2. The van der Waals surface area contributed by atoms with Crippen LogP contribution in [0.3, 0.4) is 0 Å². The van der Waals surface area contributed by atoms with E-state index in [0.717, 1.165) is 25.6 Å². The van der Waals surface area contributed by atoms with Crippen molar-refractivity contribution >= 4 is 17.3 Å². The summed E-state index contributed by atoms with van der Waals surface area (Å²) in [6.45, 7) is 6.12. The highest BCUT2D eigenvalue weighted by atomic mass is 16.6. The smallest absolute Gasteiger partial charge is 0.292 e. The predicted octanol–water partition coefficient (Wildman–Crippen LogP) is 2.07. The zero-order chi connectivity index (χ0) is 15.8. The van der Waals surface area contributed by atoms with E-state index in [1.165, 1.54) is 18.9 Å². The fourth-order valence-electron chi connectivity index (χ4n) is 2.49. The molecule has 0 bridgehead atoms. The molecule has 1 fully saturated rings. The van der Waals surface area contributed by atoms with Gasteiger partial charge in [-0.15, -0.1) is 0 Å². The van der Waals surface area contributed by atoms with Crippen LogP contribution in [-0.2, 0) is 0 Å². The maximum atomic E-state index is 10.9. The van der Waals surface area contributed by atoms with Crippen molar-refractivity contribution in [2.24, 2.45) is 4.99 Å². The van der Waals surface area contributed by atoms with Crippen molar-refractivity contribution in [1.82, 2.24) is 10.2 Å². The van der Waals surface area contributed by atoms with E-state index in [9.17, 15) is 10.1 Å². The van der Waals surface area contributed by atoms with E-state index < -0.39 is 0 Å². The van der Waals surface area contributed by atoms with E-state index in [1.807, 2.05) is 0 Å². The lowest BCUT2D eigenvalue weighted by Crippen LogP contribution is -2.39. The maximum absolute atomic E-state index is 10.9. The highest BCUT2D eigenvalue weighted by Gasteiger charge is 2.15. The number of hydrogen-bond donors (Lipinski definition) is 2. The van der Waals surface area contributed by atoms with Gasteiger partial charge >= 0.3 is 0 Å². The molecule has 1 aromatic rings. The summed E-state index contributed by atoms with van der Waals surface area (Å²) < 4.78 is 0. The number of likely N-dealkylation sites (tertiary alicyclic amines) is 1. The number of nitro benzene ring substituents is 1. The second-order valence-electron chi connectivity index (χ2n) is 5.13. The first-order valence-electron chi connectivity index (χ1n) is 7.73. The number of nitrogens with zero attached hydrogens (tertiary/aromatic N) is 3. The van der Waals surface area contributed by atoms with Crippen molar-refractivity contribution in [2.75, 3.05) is 38.0 Å². The molecule has 0 amide bonds. The number of aliphatic imine (C=N–C) groups is 1. The van der Waals surface area contributed by atoms with Crippen LogP contribution in [0.1, 0.15) is 19.8 Å². The number of rotatable bonds is 6. The lowest BCUT2D eigenvalue weighted by molar-refractivity contribution is -0.384. The second-order valence-corrected chi connectivity index (χ2v) is 5.13. The number of nitrogens with one attached hydrogen (secondary N) is 2. The molecule has 7 nitrogen and oxygen atoms in total. The van der Waals surface area contributed by atoms with Crippen LogP contribution < -0.4 is 10.6 Å². The van der Waals surface area contributed by atoms with Gasteiger partial charge in [-0.25, -0.2) is 0 Å². The molecule has 0 unspecified atom stereocenters. The summed E-state index contributed by atoms with van der Waals surface area (Å²) in [6.07, 6.45) is 2.41. The SMILES string of the molecule is CCNC(=NCCNc1ccccc1[N+](=O)[O-])N1CCCC1. The van der Waals surface area contributed by atoms with Crippen LogP contribution in [-0.4, -0.2) is 48.5 Å². The third kappa shape index (κ3) is 4.34. The zero-order valence-corrected chi connectivity index (χ0v) is 12.9. The minimum absolute atomic E-state index is 0.0953. The molecular weight excluding hydrogens is 282 g/mol. The summed E-state index contributed by atoms with van der Waals surface area (Å²) in [5.74, 6) is 0.935. The number of nitro groups is 1. The molecule has 22 heavy (non-hydrogen) atoms. The van der Waals surface area contributed by atoms with Crippen LogP contribution >= 0.6 is 0 Å². The van der Waals surface area contributed by atoms with Crippen molar-refractivity contribution in [3.05, 3.63) is 34.4 Å². The van der Waals surface area contributed by atoms with Crippen molar-refractivity contribution in [3.63, 3.8) is 0 Å². The van der Waals surface area contributed by atoms with E-state index in [1.54, 1.807) is 18.2 Å². The minimum Gasteiger partial charge on any atom is -0.378 e. The molecule has 0 radical (unpaired) electrons.